The van der Waals surface area contributed by atoms with Gasteiger partial charge >= 0.3 is 0 Å². The van der Waals surface area contributed by atoms with E-state index in [9.17, 15) is 0 Å². The highest BCUT2D eigenvalue weighted by Crippen LogP contribution is 2.30. The molecule has 0 spiro atoms. The quantitative estimate of drug-likeness (QED) is 0.704. The molecule has 0 aromatic rings. The first-order chi connectivity index (χ1) is 8.16. The molecule has 2 rings (SSSR count). The number of hydrogen-bond acceptors (Lipinski definition) is 3. The summed E-state index contributed by atoms with van der Waals surface area (Å²) in [6.07, 6.45) is 3.12. The van der Waals surface area contributed by atoms with Crippen LogP contribution in [0.25, 0.3) is 0 Å². The molecule has 0 N–H and O–H groups in total. The van der Waals surface area contributed by atoms with E-state index in [-0.39, 0.29) is 0 Å². The lowest BCUT2D eigenvalue weighted by Crippen LogP contribution is -2.46. The fourth-order valence-electron chi connectivity index (χ4n) is 2.83. The molecule has 0 aromatic carbocycles. The fourth-order valence-corrected chi connectivity index (χ4v) is 2.83. The number of ether oxygens (including phenoxy) is 2. The largest absolute Gasteiger partial charge is 0.379 e. The molecule has 3 heteroatoms. The van der Waals surface area contributed by atoms with Crippen LogP contribution in [-0.4, -0.2) is 50.0 Å². The number of nitrogens with zero attached hydrogens (tertiary/aromatic N) is 1. The average Bonchev–Trinajstić information content (AvgIpc) is 2.30. The van der Waals surface area contributed by atoms with Crippen LogP contribution in [0.1, 0.15) is 26.7 Å². The normalized spacial score (nSPS) is 35.8. The SMILES string of the molecule is C=C(C)[C@H]1CC[C@@H](C)O[C@@H]1CN1CCOCC1. The van der Waals surface area contributed by atoms with Gasteiger partial charge in [0.1, 0.15) is 0 Å². The van der Waals surface area contributed by atoms with E-state index in [1.807, 2.05) is 0 Å². The Hall–Kier alpha value is -0.380. The molecule has 2 saturated heterocycles. The lowest BCUT2D eigenvalue weighted by molar-refractivity contribution is -0.0869. The van der Waals surface area contributed by atoms with E-state index in [1.54, 1.807) is 0 Å². The molecule has 0 radical (unpaired) electrons. The Bertz CT molecular complexity index is 261. The van der Waals surface area contributed by atoms with Crippen molar-refractivity contribution in [3.8, 4) is 0 Å². The molecule has 2 heterocycles. The van der Waals surface area contributed by atoms with Crippen LogP contribution in [0, 0.1) is 5.92 Å². The number of rotatable bonds is 3. The van der Waals surface area contributed by atoms with Crippen LogP contribution < -0.4 is 0 Å². The van der Waals surface area contributed by atoms with E-state index in [2.05, 4.69) is 25.3 Å². The minimum atomic E-state index is 0.328. The van der Waals surface area contributed by atoms with Gasteiger partial charge in [0.2, 0.25) is 0 Å². The molecule has 17 heavy (non-hydrogen) atoms. The predicted octanol–water partition coefficient (Wildman–Crippen LogP) is 2.08. The second-order valence-corrected chi connectivity index (χ2v) is 5.43. The molecule has 3 atom stereocenters. The van der Waals surface area contributed by atoms with Gasteiger partial charge < -0.3 is 9.47 Å². The minimum Gasteiger partial charge on any atom is -0.379 e. The highest BCUT2D eigenvalue weighted by molar-refractivity contribution is 5.02. The maximum absolute atomic E-state index is 6.12. The summed E-state index contributed by atoms with van der Waals surface area (Å²) in [4.78, 5) is 2.46. The van der Waals surface area contributed by atoms with Crippen LogP contribution in [0.2, 0.25) is 0 Å². The van der Waals surface area contributed by atoms with Crippen molar-refractivity contribution < 1.29 is 9.47 Å². The van der Waals surface area contributed by atoms with Gasteiger partial charge in [0.15, 0.2) is 0 Å². The summed E-state index contributed by atoms with van der Waals surface area (Å²) in [6.45, 7) is 13.3. The Morgan fingerprint density at radius 2 is 2.00 bits per heavy atom. The summed E-state index contributed by atoms with van der Waals surface area (Å²) in [6, 6.07) is 0. The Balaban J connectivity index is 1.92. The third-order valence-electron chi connectivity index (χ3n) is 3.91. The zero-order valence-corrected chi connectivity index (χ0v) is 11.2. The summed E-state index contributed by atoms with van der Waals surface area (Å²) in [5.41, 5.74) is 1.27. The maximum atomic E-state index is 6.12. The number of hydrogen-bond donors (Lipinski definition) is 0. The lowest BCUT2D eigenvalue weighted by atomic mass is 9.86. The minimum absolute atomic E-state index is 0.328. The topological polar surface area (TPSA) is 21.7 Å². The van der Waals surface area contributed by atoms with Crippen molar-refractivity contribution in [3.63, 3.8) is 0 Å². The van der Waals surface area contributed by atoms with Crippen molar-refractivity contribution in [3.05, 3.63) is 12.2 Å². The molecule has 2 fully saturated rings. The van der Waals surface area contributed by atoms with Gasteiger partial charge in [0.25, 0.3) is 0 Å². The van der Waals surface area contributed by atoms with E-state index in [0.29, 0.717) is 18.1 Å². The van der Waals surface area contributed by atoms with Crippen LogP contribution in [0.3, 0.4) is 0 Å². The van der Waals surface area contributed by atoms with Gasteiger partial charge in [-0.15, -0.1) is 0 Å². The fraction of sp³-hybridized carbons (Fsp3) is 0.857. The highest BCUT2D eigenvalue weighted by Gasteiger charge is 2.31. The molecule has 0 bridgehead atoms. The molecule has 2 aliphatic heterocycles. The Morgan fingerprint density at radius 1 is 1.29 bits per heavy atom. The molecule has 0 aliphatic carbocycles. The zero-order chi connectivity index (χ0) is 12.3. The van der Waals surface area contributed by atoms with E-state index in [4.69, 9.17) is 9.47 Å². The van der Waals surface area contributed by atoms with Gasteiger partial charge in [0.05, 0.1) is 25.4 Å². The van der Waals surface area contributed by atoms with Gasteiger partial charge in [-0.3, -0.25) is 4.90 Å². The van der Waals surface area contributed by atoms with E-state index < -0.39 is 0 Å². The molecular weight excluding hydrogens is 214 g/mol. The third kappa shape index (κ3) is 3.54. The monoisotopic (exact) mass is 239 g/mol. The molecule has 98 valence electrons. The van der Waals surface area contributed by atoms with Crippen molar-refractivity contribution in [1.82, 2.24) is 4.90 Å². The van der Waals surface area contributed by atoms with Crippen LogP contribution in [-0.2, 0) is 9.47 Å². The first-order valence-electron chi connectivity index (χ1n) is 6.78. The summed E-state index contributed by atoms with van der Waals surface area (Å²) in [5, 5.41) is 0. The summed E-state index contributed by atoms with van der Waals surface area (Å²) in [7, 11) is 0. The molecule has 2 aliphatic rings. The van der Waals surface area contributed by atoms with Crippen molar-refractivity contribution in [2.24, 2.45) is 5.92 Å². The van der Waals surface area contributed by atoms with Gasteiger partial charge in [-0.1, -0.05) is 12.2 Å². The molecule has 0 saturated carbocycles. The summed E-state index contributed by atoms with van der Waals surface area (Å²) >= 11 is 0. The van der Waals surface area contributed by atoms with Gasteiger partial charge in [-0.25, -0.2) is 0 Å². The van der Waals surface area contributed by atoms with Crippen molar-refractivity contribution in [1.29, 1.82) is 0 Å². The average molecular weight is 239 g/mol. The zero-order valence-electron chi connectivity index (χ0n) is 11.2. The van der Waals surface area contributed by atoms with Crippen molar-refractivity contribution in [2.75, 3.05) is 32.8 Å². The van der Waals surface area contributed by atoms with E-state index in [0.717, 1.165) is 39.3 Å². The first kappa shape index (κ1) is 13.1. The second-order valence-electron chi connectivity index (χ2n) is 5.43. The predicted molar refractivity (Wildman–Crippen MR) is 69.1 cm³/mol. The Kier molecular flexibility index (Phi) is 4.60. The second kappa shape index (κ2) is 5.98. The molecule has 0 amide bonds. The van der Waals surface area contributed by atoms with E-state index >= 15 is 0 Å². The molecule has 3 nitrogen and oxygen atoms in total. The van der Waals surface area contributed by atoms with Crippen LogP contribution in [0.15, 0.2) is 12.2 Å². The van der Waals surface area contributed by atoms with Gasteiger partial charge in [0, 0.05) is 25.6 Å². The molecule has 0 unspecified atom stereocenters. The summed E-state index contributed by atoms with van der Waals surface area (Å²) in [5.74, 6) is 0.536. The van der Waals surface area contributed by atoms with Gasteiger partial charge in [-0.2, -0.15) is 0 Å². The van der Waals surface area contributed by atoms with Crippen LogP contribution in [0.5, 0.6) is 0 Å². The summed E-state index contributed by atoms with van der Waals surface area (Å²) < 4.78 is 11.5. The Morgan fingerprint density at radius 3 is 2.65 bits per heavy atom. The smallest absolute Gasteiger partial charge is 0.0770 e. The van der Waals surface area contributed by atoms with Crippen LogP contribution >= 0.6 is 0 Å². The maximum Gasteiger partial charge on any atom is 0.0770 e. The van der Waals surface area contributed by atoms with Gasteiger partial charge in [-0.05, 0) is 26.7 Å². The van der Waals surface area contributed by atoms with Crippen LogP contribution in [0.4, 0.5) is 0 Å². The number of morpholine rings is 1. The highest BCUT2D eigenvalue weighted by atomic mass is 16.5. The van der Waals surface area contributed by atoms with Crippen molar-refractivity contribution in [2.45, 2.75) is 38.9 Å². The lowest BCUT2D eigenvalue weighted by Gasteiger charge is -2.39. The van der Waals surface area contributed by atoms with E-state index in [1.165, 1.54) is 12.0 Å². The molecule has 0 aromatic heterocycles. The first-order valence-corrected chi connectivity index (χ1v) is 6.78. The van der Waals surface area contributed by atoms with Crippen molar-refractivity contribution >= 4 is 0 Å². The third-order valence-corrected chi connectivity index (χ3v) is 3.91. The standard InChI is InChI=1S/C14H25NO2/c1-11(2)13-5-4-12(3)17-14(13)10-15-6-8-16-9-7-15/h12-14H,1,4-10H2,2-3H3/t12-,13-,14-/m1/s1. The Labute approximate surface area is 105 Å². The molecular formula is C14H25NO2.